The number of rotatable bonds is 9. The molecule has 5 nitrogen and oxygen atoms in total. The van der Waals surface area contributed by atoms with Crippen LogP contribution < -0.4 is 0 Å². The molecule has 2 amide bonds. The van der Waals surface area contributed by atoms with Crippen LogP contribution in [0, 0.1) is 12.8 Å². The lowest BCUT2D eigenvalue weighted by atomic mass is 9.90. The highest BCUT2D eigenvalue weighted by atomic mass is 32.1. The molecule has 0 radical (unpaired) electrons. The molecule has 1 aromatic heterocycles. The lowest BCUT2D eigenvalue weighted by Gasteiger charge is -2.37. The normalized spacial score (nSPS) is 19.6. The molecule has 36 heavy (non-hydrogen) atoms. The van der Waals surface area contributed by atoms with E-state index in [1.165, 1.54) is 21.6 Å². The van der Waals surface area contributed by atoms with E-state index in [1.807, 2.05) is 21.1 Å². The van der Waals surface area contributed by atoms with Crippen LogP contribution in [0.5, 0.6) is 0 Å². The first-order valence-corrected chi connectivity index (χ1v) is 14.8. The van der Waals surface area contributed by atoms with Gasteiger partial charge in [0.2, 0.25) is 11.8 Å². The van der Waals surface area contributed by atoms with E-state index in [1.54, 1.807) is 0 Å². The molecule has 2 atom stereocenters. The molecule has 2 aliphatic rings. The van der Waals surface area contributed by atoms with Gasteiger partial charge in [0.1, 0.15) is 0 Å². The molecule has 1 aromatic carbocycles. The number of aryl methyl sites for hydroxylation is 1. The number of nitrogens with zero attached hydrogens (tertiary/aromatic N) is 3. The Hall–Kier alpha value is -2.18. The highest BCUT2D eigenvalue weighted by Gasteiger charge is 2.31. The van der Waals surface area contributed by atoms with Crippen molar-refractivity contribution in [2.75, 3.05) is 39.3 Å². The number of benzene rings is 1. The molecule has 1 saturated heterocycles. The van der Waals surface area contributed by atoms with Gasteiger partial charge >= 0.3 is 0 Å². The molecule has 2 aliphatic heterocycles. The number of carbonyl (C=O) groups is 2. The summed E-state index contributed by atoms with van der Waals surface area (Å²) in [5.41, 5.74) is 4.06. The van der Waals surface area contributed by atoms with Gasteiger partial charge in [0.25, 0.3) is 0 Å². The van der Waals surface area contributed by atoms with Crippen molar-refractivity contribution in [1.82, 2.24) is 14.7 Å². The molecule has 196 valence electrons. The summed E-state index contributed by atoms with van der Waals surface area (Å²) in [6.45, 7) is 11.1. The van der Waals surface area contributed by atoms with Crippen molar-refractivity contribution in [3.63, 3.8) is 0 Å². The maximum Gasteiger partial charge on any atom is 0.225 e. The number of amides is 2. The van der Waals surface area contributed by atoms with Crippen LogP contribution in [0.25, 0.3) is 0 Å². The van der Waals surface area contributed by atoms with E-state index in [9.17, 15) is 9.59 Å². The van der Waals surface area contributed by atoms with Gasteiger partial charge in [-0.15, -0.1) is 11.3 Å². The summed E-state index contributed by atoms with van der Waals surface area (Å²) in [6.07, 6.45) is 6.58. The molecule has 0 saturated carbocycles. The maximum absolute atomic E-state index is 13.3. The Balaban J connectivity index is 1.36. The molecule has 0 N–H and O–H groups in total. The molecule has 0 bridgehead atoms. The van der Waals surface area contributed by atoms with Gasteiger partial charge in [-0.05, 0) is 60.7 Å². The van der Waals surface area contributed by atoms with Crippen LogP contribution in [0.3, 0.4) is 0 Å². The average Bonchev–Trinajstić information content (AvgIpc) is 3.23. The van der Waals surface area contributed by atoms with Gasteiger partial charge in [-0.1, -0.05) is 51.0 Å². The Morgan fingerprint density at radius 3 is 2.56 bits per heavy atom. The fourth-order valence-corrected chi connectivity index (χ4v) is 6.77. The zero-order valence-electron chi connectivity index (χ0n) is 22.4. The zero-order chi connectivity index (χ0) is 25.5. The second-order valence-electron chi connectivity index (χ2n) is 10.4. The van der Waals surface area contributed by atoms with E-state index < -0.39 is 0 Å². The third-order valence-electron chi connectivity index (χ3n) is 8.07. The standard InChI is InChI=1S/C30H43N3O2S/c1-4-6-11-24(5-2)30(35)33-17-9-16-31(20-21-33)28(34)14-19-32-18-13-27-26(15-22-36-27)29(32)25-12-8-7-10-23(25)3/h7-8,10,12,15,22,24,29H,4-6,9,11,13-14,16-21H2,1-3H3/t24-,29-/m1/s1. The molecule has 6 heteroatoms. The second-order valence-corrected chi connectivity index (χ2v) is 11.4. The van der Waals surface area contributed by atoms with E-state index >= 15 is 0 Å². The van der Waals surface area contributed by atoms with E-state index in [4.69, 9.17) is 0 Å². The summed E-state index contributed by atoms with van der Waals surface area (Å²) in [7, 11) is 0. The van der Waals surface area contributed by atoms with Crippen molar-refractivity contribution in [1.29, 1.82) is 0 Å². The van der Waals surface area contributed by atoms with E-state index in [-0.39, 0.29) is 17.9 Å². The Bertz CT molecular complexity index is 1020. The number of unbranched alkanes of at least 4 members (excludes halogenated alkanes) is 1. The Morgan fingerprint density at radius 2 is 1.78 bits per heavy atom. The number of thiophene rings is 1. The van der Waals surface area contributed by atoms with Crippen LogP contribution >= 0.6 is 11.3 Å². The number of hydrogen-bond donors (Lipinski definition) is 0. The Morgan fingerprint density at radius 1 is 1.00 bits per heavy atom. The third-order valence-corrected chi connectivity index (χ3v) is 9.07. The van der Waals surface area contributed by atoms with Crippen LogP contribution in [0.2, 0.25) is 0 Å². The summed E-state index contributed by atoms with van der Waals surface area (Å²) < 4.78 is 0. The predicted octanol–water partition coefficient (Wildman–Crippen LogP) is 5.67. The summed E-state index contributed by atoms with van der Waals surface area (Å²) in [5, 5.41) is 2.21. The summed E-state index contributed by atoms with van der Waals surface area (Å²) in [6, 6.07) is 11.2. The number of fused-ring (bicyclic) bond motifs is 1. The minimum Gasteiger partial charge on any atom is -0.341 e. The van der Waals surface area contributed by atoms with Gasteiger partial charge in [0.15, 0.2) is 0 Å². The molecule has 1 fully saturated rings. The fourth-order valence-electron chi connectivity index (χ4n) is 5.86. The Labute approximate surface area is 221 Å². The predicted molar refractivity (Wildman–Crippen MR) is 148 cm³/mol. The van der Waals surface area contributed by atoms with Crippen LogP contribution in [-0.2, 0) is 16.0 Å². The summed E-state index contributed by atoms with van der Waals surface area (Å²) in [4.78, 5) is 34.4. The van der Waals surface area contributed by atoms with Crippen molar-refractivity contribution in [2.45, 2.75) is 71.8 Å². The van der Waals surface area contributed by atoms with Crippen molar-refractivity contribution < 1.29 is 9.59 Å². The first-order valence-electron chi connectivity index (χ1n) is 14.0. The largest absolute Gasteiger partial charge is 0.341 e. The first-order chi connectivity index (χ1) is 17.5. The molecule has 4 rings (SSSR count). The molecule has 2 aromatic rings. The quantitative estimate of drug-likeness (QED) is 0.437. The minimum absolute atomic E-state index is 0.131. The topological polar surface area (TPSA) is 43.9 Å². The van der Waals surface area contributed by atoms with Gasteiger partial charge in [0.05, 0.1) is 6.04 Å². The Kier molecular flexibility index (Phi) is 9.60. The van der Waals surface area contributed by atoms with Crippen LogP contribution in [0.4, 0.5) is 0 Å². The van der Waals surface area contributed by atoms with Gasteiger partial charge in [0, 0.05) is 56.5 Å². The van der Waals surface area contributed by atoms with Crippen molar-refractivity contribution in [3.05, 3.63) is 57.3 Å². The first kappa shape index (κ1) is 26.9. The fraction of sp³-hybridized carbons (Fsp3) is 0.600. The average molecular weight is 510 g/mol. The lowest BCUT2D eigenvalue weighted by Crippen LogP contribution is -2.41. The molecule has 0 unspecified atom stereocenters. The van der Waals surface area contributed by atoms with Crippen LogP contribution in [0.1, 0.15) is 80.0 Å². The van der Waals surface area contributed by atoms with Crippen LogP contribution in [0.15, 0.2) is 35.7 Å². The highest BCUT2D eigenvalue weighted by Crippen LogP contribution is 2.38. The minimum atomic E-state index is 0.131. The molecule has 0 aliphatic carbocycles. The second kappa shape index (κ2) is 12.9. The smallest absolute Gasteiger partial charge is 0.225 e. The SMILES string of the molecule is CCCC[C@@H](CC)C(=O)N1CCCN(C(=O)CCN2CCc3sccc3[C@H]2c2ccccc2C)CC1. The van der Waals surface area contributed by atoms with E-state index in [0.717, 1.165) is 64.7 Å². The summed E-state index contributed by atoms with van der Waals surface area (Å²) in [5.74, 6) is 0.648. The third kappa shape index (κ3) is 6.20. The van der Waals surface area contributed by atoms with Crippen molar-refractivity contribution in [3.8, 4) is 0 Å². The van der Waals surface area contributed by atoms with Crippen LogP contribution in [-0.4, -0.2) is 65.8 Å². The highest BCUT2D eigenvalue weighted by molar-refractivity contribution is 7.10. The van der Waals surface area contributed by atoms with Gasteiger partial charge < -0.3 is 9.80 Å². The van der Waals surface area contributed by atoms with Crippen molar-refractivity contribution >= 4 is 23.2 Å². The molecular formula is C30H43N3O2S. The van der Waals surface area contributed by atoms with Gasteiger partial charge in [-0.3, -0.25) is 14.5 Å². The molecular weight excluding hydrogens is 466 g/mol. The van der Waals surface area contributed by atoms with Gasteiger partial charge in [-0.2, -0.15) is 0 Å². The van der Waals surface area contributed by atoms with E-state index in [0.29, 0.717) is 25.4 Å². The van der Waals surface area contributed by atoms with Crippen molar-refractivity contribution in [2.24, 2.45) is 5.92 Å². The summed E-state index contributed by atoms with van der Waals surface area (Å²) >= 11 is 1.86. The maximum atomic E-state index is 13.3. The monoisotopic (exact) mass is 509 g/mol. The van der Waals surface area contributed by atoms with Gasteiger partial charge in [-0.25, -0.2) is 0 Å². The molecule has 0 spiro atoms. The zero-order valence-corrected chi connectivity index (χ0v) is 23.2. The lowest BCUT2D eigenvalue weighted by molar-refractivity contribution is -0.137. The van der Waals surface area contributed by atoms with E-state index in [2.05, 4.69) is 61.4 Å². The number of carbonyl (C=O) groups excluding carboxylic acids is 2. The number of hydrogen-bond acceptors (Lipinski definition) is 4. The molecule has 3 heterocycles.